The third kappa shape index (κ3) is 50.3. The summed E-state index contributed by atoms with van der Waals surface area (Å²) >= 11 is 0. The van der Waals surface area contributed by atoms with Crippen LogP contribution < -0.4 is 29.6 Å². The summed E-state index contributed by atoms with van der Waals surface area (Å²) in [4.78, 5) is 0. The van der Waals surface area contributed by atoms with Gasteiger partial charge in [-0.1, -0.05) is 0 Å². The second kappa shape index (κ2) is 9.69. The Morgan fingerprint density at radius 1 is 1.17 bits per heavy atom. The zero-order chi connectivity index (χ0) is 3.58. The SMILES string of the molecule is OB(O)O.[AlH3].[H-].[Na+]. The third-order valence-corrected chi connectivity index (χ3v) is 0. The normalized spacial score (nSPS) is 4.50. The minimum atomic E-state index is -2.17. The second-order valence-electron chi connectivity index (χ2n) is 0.346. The van der Waals surface area contributed by atoms with Crippen molar-refractivity contribution >= 4 is 24.7 Å². The summed E-state index contributed by atoms with van der Waals surface area (Å²) in [5, 5.41) is 21.5. The third-order valence-electron chi connectivity index (χ3n) is 0. The van der Waals surface area contributed by atoms with E-state index in [4.69, 9.17) is 15.1 Å². The molecule has 0 aliphatic heterocycles. The molecule has 0 radical (unpaired) electrons. The quantitative estimate of drug-likeness (QED) is 0.276. The molecule has 0 amide bonds. The first-order valence-electron chi connectivity index (χ1n) is 0.775. The van der Waals surface area contributed by atoms with Crippen molar-refractivity contribution in [1.82, 2.24) is 0 Å². The van der Waals surface area contributed by atoms with E-state index in [-0.39, 0.29) is 48.3 Å². The van der Waals surface area contributed by atoms with Gasteiger partial charge >= 0.3 is 36.9 Å². The molecular formula is H7AlBNaO3. The van der Waals surface area contributed by atoms with E-state index in [0.29, 0.717) is 0 Å². The predicted molar refractivity (Wildman–Crippen MR) is 23.5 cm³/mol. The van der Waals surface area contributed by atoms with Gasteiger partial charge in [0.15, 0.2) is 17.4 Å². The maximum atomic E-state index is 7.17. The molecule has 0 spiro atoms. The molecule has 6 heteroatoms. The molecule has 0 aliphatic carbocycles. The molecule has 0 aliphatic rings. The van der Waals surface area contributed by atoms with Gasteiger partial charge in [0.1, 0.15) is 0 Å². The van der Waals surface area contributed by atoms with Crippen molar-refractivity contribution in [1.29, 1.82) is 0 Å². The van der Waals surface area contributed by atoms with Crippen molar-refractivity contribution in [2.24, 2.45) is 0 Å². The van der Waals surface area contributed by atoms with Gasteiger partial charge in [0, 0.05) is 0 Å². The van der Waals surface area contributed by atoms with E-state index in [1.807, 2.05) is 0 Å². The maximum absolute atomic E-state index is 7.17. The molecule has 0 bridgehead atoms. The Labute approximate surface area is 70.5 Å². The zero-order valence-electron chi connectivity index (χ0n) is 3.92. The number of hydrogen-bond acceptors (Lipinski definition) is 3. The van der Waals surface area contributed by atoms with Gasteiger partial charge in [-0.2, -0.15) is 0 Å². The summed E-state index contributed by atoms with van der Waals surface area (Å²) in [6, 6.07) is 0. The summed E-state index contributed by atoms with van der Waals surface area (Å²) in [7, 11) is -2.17. The van der Waals surface area contributed by atoms with Crippen LogP contribution in [0.25, 0.3) is 0 Å². The largest absolute Gasteiger partial charge is 1.00 e. The Kier molecular flexibility index (Phi) is 25.3. The number of hydrogen-bond donors (Lipinski definition) is 3. The van der Waals surface area contributed by atoms with E-state index in [1.54, 1.807) is 0 Å². The van der Waals surface area contributed by atoms with Crippen LogP contribution in [-0.4, -0.2) is 39.8 Å². The van der Waals surface area contributed by atoms with Crippen molar-refractivity contribution in [2.45, 2.75) is 0 Å². The van der Waals surface area contributed by atoms with Crippen LogP contribution >= 0.6 is 0 Å². The van der Waals surface area contributed by atoms with Crippen LogP contribution in [0.2, 0.25) is 0 Å². The number of rotatable bonds is 0. The van der Waals surface area contributed by atoms with Crippen LogP contribution in [0.1, 0.15) is 1.43 Å². The molecule has 0 saturated heterocycles. The van der Waals surface area contributed by atoms with Crippen LogP contribution in [0.4, 0.5) is 0 Å². The van der Waals surface area contributed by atoms with Crippen LogP contribution in [0, 0.1) is 0 Å². The molecule has 0 unspecified atom stereocenters. The van der Waals surface area contributed by atoms with Gasteiger partial charge in [-0.15, -0.1) is 0 Å². The minimum Gasteiger partial charge on any atom is -1.00 e. The van der Waals surface area contributed by atoms with E-state index in [1.165, 1.54) is 0 Å². The van der Waals surface area contributed by atoms with Gasteiger partial charge in [-0.25, -0.2) is 0 Å². The standard InChI is InChI=1S/Al.BH3O3.Na.4H/c;2-1(3)4;;;;;/h;2-4H;;;;;/q;;+1;;;;-1. The Morgan fingerprint density at radius 3 is 1.17 bits per heavy atom. The van der Waals surface area contributed by atoms with E-state index in [2.05, 4.69) is 0 Å². The van der Waals surface area contributed by atoms with E-state index < -0.39 is 7.32 Å². The minimum absolute atomic E-state index is 0. The van der Waals surface area contributed by atoms with E-state index in [0.717, 1.165) is 0 Å². The first kappa shape index (κ1) is 15.6. The van der Waals surface area contributed by atoms with Crippen LogP contribution in [0.5, 0.6) is 0 Å². The predicted octanol–water partition coefficient (Wildman–Crippen LogP) is -6.12. The summed E-state index contributed by atoms with van der Waals surface area (Å²) in [6.45, 7) is 0. The summed E-state index contributed by atoms with van der Waals surface area (Å²) in [5.41, 5.74) is 0. The molecule has 3 N–H and O–H groups in total. The molecular weight excluding hydrogens is 109 g/mol. The van der Waals surface area contributed by atoms with Crippen LogP contribution in [-0.2, 0) is 0 Å². The average Bonchev–Trinajstić information content (AvgIpc) is 0.811. The molecule has 3 nitrogen and oxygen atoms in total. The Hall–Kier alpha value is 1.48. The first-order chi connectivity index (χ1) is 1.73. The molecule has 0 heterocycles. The monoisotopic (exact) mass is 116 g/mol. The summed E-state index contributed by atoms with van der Waals surface area (Å²) < 4.78 is 0. The summed E-state index contributed by atoms with van der Waals surface area (Å²) in [5.74, 6) is 0. The van der Waals surface area contributed by atoms with Crippen molar-refractivity contribution in [3.8, 4) is 0 Å². The average molecular weight is 116 g/mol. The van der Waals surface area contributed by atoms with Crippen LogP contribution in [0.15, 0.2) is 0 Å². The molecule has 0 atom stereocenters. The van der Waals surface area contributed by atoms with Gasteiger partial charge in [0.25, 0.3) is 0 Å². The Morgan fingerprint density at radius 2 is 1.17 bits per heavy atom. The summed E-state index contributed by atoms with van der Waals surface area (Å²) in [6.07, 6.45) is 0. The fourth-order valence-corrected chi connectivity index (χ4v) is 0. The van der Waals surface area contributed by atoms with Crippen molar-refractivity contribution < 1.29 is 46.1 Å². The van der Waals surface area contributed by atoms with Gasteiger partial charge in [-0.05, 0) is 0 Å². The Bertz CT molecular complexity index is 19.7. The molecule has 0 aromatic carbocycles. The molecule has 32 valence electrons. The van der Waals surface area contributed by atoms with Crippen molar-refractivity contribution in [2.75, 3.05) is 0 Å². The maximum Gasteiger partial charge on any atom is 1.00 e. The second-order valence-corrected chi connectivity index (χ2v) is 0.346. The van der Waals surface area contributed by atoms with Crippen molar-refractivity contribution in [3.05, 3.63) is 0 Å². The van der Waals surface area contributed by atoms with Crippen LogP contribution in [0.3, 0.4) is 0 Å². The fourth-order valence-electron chi connectivity index (χ4n) is 0. The van der Waals surface area contributed by atoms with Gasteiger partial charge in [0.05, 0.1) is 0 Å². The van der Waals surface area contributed by atoms with Gasteiger partial charge in [-0.3, -0.25) is 0 Å². The fraction of sp³-hybridized carbons (Fsp3) is 0. The molecule has 0 aromatic rings. The van der Waals surface area contributed by atoms with E-state index >= 15 is 0 Å². The zero-order valence-corrected chi connectivity index (χ0v) is 4.92. The molecule has 0 aromatic heterocycles. The molecule has 0 saturated carbocycles. The van der Waals surface area contributed by atoms with Gasteiger partial charge in [0.2, 0.25) is 0 Å². The van der Waals surface area contributed by atoms with Crippen molar-refractivity contribution in [3.63, 3.8) is 0 Å². The Balaban J connectivity index is -0.0000000150. The molecule has 0 fully saturated rings. The topological polar surface area (TPSA) is 60.7 Å². The van der Waals surface area contributed by atoms with Gasteiger partial charge < -0.3 is 16.5 Å². The smallest absolute Gasteiger partial charge is 1.00 e. The molecule has 6 heavy (non-hydrogen) atoms. The molecule has 0 rings (SSSR count). The van der Waals surface area contributed by atoms with E-state index in [9.17, 15) is 0 Å². The first-order valence-corrected chi connectivity index (χ1v) is 0.775.